The van der Waals surface area contributed by atoms with Crippen molar-refractivity contribution < 1.29 is 9.50 Å². The zero-order valence-electron chi connectivity index (χ0n) is 10.3. The van der Waals surface area contributed by atoms with Crippen LogP contribution in [0.3, 0.4) is 0 Å². The molecule has 3 heteroatoms. The normalized spacial score (nSPS) is 31.8. The van der Waals surface area contributed by atoms with Gasteiger partial charge in [-0.3, -0.25) is 0 Å². The molecule has 0 aliphatic heterocycles. The van der Waals surface area contributed by atoms with Crippen LogP contribution in [0.4, 0.5) is 4.39 Å². The molecule has 2 aliphatic carbocycles. The average Bonchev–Trinajstić information content (AvgIpc) is 3.07. The van der Waals surface area contributed by atoms with Gasteiger partial charge in [-0.15, -0.1) is 0 Å². The third-order valence-electron chi connectivity index (χ3n) is 4.61. The van der Waals surface area contributed by atoms with Crippen LogP contribution in [-0.2, 0) is 6.42 Å². The van der Waals surface area contributed by atoms with Crippen molar-refractivity contribution in [3.63, 3.8) is 0 Å². The van der Waals surface area contributed by atoms with Crippen molar-refractivity contribution in [3.8, 4) is 0 Å². The smallest absolute Gasteiger partial charge is 0.127 e. The molecular formula is C15H18BrFO. The van der Waals surface area contributed by atoms with Gasteiger partial charge in [0.1, 0.15) is 5.82 Å². The second-order valence-electron chi connectivity index (χ2n) is 5.70. The van der Waals surface area contributed by atoms with Crippen LogP contribution in [-0.4, -0.2) is 11.2 Å². The first-order valence-electron chi connectivity index (χ1n) is 6.79. The van der Waals surface area contributed by atoms with Crippen molar-refractivity contribution in [2.75, 3.05) is 0 Å². The summed E-state index contributed by atoms with van der Waals surface area (Å²) >= 11 is 3.25. The standard InChI is InChI=1S/C15H18BrFO/c16-10-6-5-9(13(17)8-10)7-14(18)15-11-3-1-2-4-12(11)15/h5-6,8,11-12,14-15,18H,1-4,7H2. The number of halogens is 2. The van der Waals surface area contributed by atoms with Crippen molar-refractivity contribution in [3.05, 3.63) is 34.1 Å². The summed E-state index contributed by atoms with van der Waals surface area (Å²) in [6, 6.07) is 5.09. The Morgan fingerprint density at radius 3 is 2.56 bits per heavy atom. The molecule has 1 aromatic rings. The van der Waals surface area contributed by atoms with Gasteiger partial charge in [-0.05, 0) is 48.3 Å². The van der Waals surface area contributed by atoms with Crippen LogP contribution >= 0.6 is 15.9 Å². The van der Waals surface area contributed by atoms with E-state index in [-0.39, 0.29) is 11.9 Å². The number of rotatable bonds is 3. The number of hydrogen-bond acceptors (Lipinski definition) is 1. The topological polar surface area (TPSA) is 20.2 Å². The number of aliphatic hydroxyl groups is 1. The summed E-state index contributed by atoms with van der Waals surface area (Å²) in [5.41, 5.74) is 0.634. The summed E-state index contributed by atoms with van der Waals surface area (Å²) < 4.78 is 14.5. The van der Waals surface area contributed by atoms with Gasteiger partial charge in [0, 0.05) is 10.9 Å². The maximum Gasteiger partial charge on any atom is 0.127 e. The van der Waals surface area contributed by atoms with E-state index in [2.05, 4.69) is 15.9 Å². The van der Waals surface area contributed by atoms with Crippen molar-refractivity contribution >= 4 is 15.9 Å². The molecule has 18 heavy (non-hydrogen) atoms. The van der Waals surface area contributed by atoms with Crippen LogP contribution in [0.25, 0.3) is 0 Å². The molecule has 3 unspecified atom stereocenters. The Kier molecular flexibility index (Phi) is 3.46. The van der Waals surface area contributed by atoms with Gasteiger partial charge in [0.15, 0.2) is 0 Å². The summed E-state index contributed by atoms with van der Waals surface area (Å²) in [5, 5.41) is 10.3. The van der Waals surface area contributed by atoms with E-state index in [1.54, 1.807) is 6.07 Å². The van der Waals surface area contributed by atoms with E-state index in [0.717, 1.165) is 4.47 Å². The van der Waals surface area contributed by atoms with E-state index < -0.39 is 0 Å². The Balaban J connectivity index is 1.66. The van der Waals surface area contributed by atoms with E-state index in [9.17, 15) is 9.50 Å². The molecule has 0 amide bonds. The summed E-state index contributed by atoms with van der Waals surface area (Å²) in [4.78, 5) is 0. The Hall–Kier alpha value is -0.410. The molecule has 1 aromatic carbocycles. The summed E-state index contributed by atoms with van der Waals surface area (Å²) in [6.07, 6.45) is 5.21. The fourth-order valence-corrected chi connectivity index (χ4v) is 4.00. The van der Waals surface area contributed by atoms with Crippen molar-refractivity contribution in [1.82, 2.24) is 0 Å². The fraction of sp³-hybridized carbons (Fsp3) is 0.600. The SMILES string of the molecule is OC(Cc1ccc(Br)cc1F)C1C2CCCCC21. The van der Waals surface area contributed by atoms with Crippen LogP contribution in [0.5, 0.6) is 0 Å². The molecule has 0 aromatic heterocycles. The molecule has 0 heterocycles. The molecule has 2 fully saturated rings. The van der Waals surface area contributed by atoms with E-state index in [4.69, 9.17) is 0 Å². The van der Waals surface area contributed by atoms with E-state index in [1.165, 1.54) is 31.7 Å². The van der Waals surface area contributed by atoms with Gasteiger partial charge < -0.3 is 5.11 Å². The minimum absolute atomic E-state index is 0.216. The molecule has 2 saturated carbocycles. The van der Waals surface area contributed by atoms with Gasteiger partial charge in [0.2, 0.25) is 0 Å². The first-order chi connectivity index (χ1) is 8.66. The quantitative estimate of drug-likeness (QED) is 0.896. The molecule has 3 rings (SSSR count). The lowest BCUT2D eigenvalue weighted by molar-refractivity contribution is 0.139. The highest BCUT2D eigenvalue weighted by atomic mass is 79.9. The summed E-state index contributed by atoms with van der Waals surface area (Å²) in [7, 11) is 0. The van der Waals surface area contributed by atoms with Crippen molar-refractivity contribution in [1.29, 1.82) is 0 Å². The minimum atomic E-state index is -0.367. The maximum absolute atomic E-state index is 13.7. The Morgan fingerprint density at radius 2 is 1.94 bits per heavy atom. The molecule has 0 saturated heterocycles. The predicted octanol–water partition coefficient (Wildman–Crippen LogP) is 3.93. The summed E-state index contributed by atoms with van der Waals surface area (Å²) in [6.45, 7) is 0. The fourth-order valence-electron chi connectivity index (χ4n) is 3.67. The molecule has 98 valence electrons. The molecule has 1 N–H and O–H groups in total. The van der Waals surface area contributed by atoms with E-state index in [0.29, 0.717) is 29.7 Å². The Morgan fingerprint density at radius 1 is 1.28 bits per heavy atom. The first kappa shape index (κ1) is 12.6. The lowest BCUT2D eigenvalue weighted by Crippen LogP contribution is -2.16. The molecule has 0 bridgehead atoms. The lowest BCUT2D eigenvalue weighted by atomic mass is 10.0. The van der Waals surface area contributed by atoms with Gasteiger partial charge in [-0.1, -0.05) is 34.8 Å². The van der Waals surface area contributed by atoms with E-state index in [1.807, 2.05) is 6.07 Å². The monoisotopic (exact) mass is 312 g/mol. The average molecular weight is 313 g/mol. The molecule has 2 aliphatic rings. The first-order valence-corrected chi connectivity index (χ1v) is 7.58. The predicted molar refractivity (Wildman–Crippen MR) is 72.7 cm³/mol. The zero-order chi connectivity index (χ0) is 12.7. The molecule has 1 nitrogen and oxygen atoms in total. The van der Waals surface area contributed by atoms with Crippen LogP contribution < -0.4 is 0 Å². The second kappa shape index (κ2) is 4.93. The zero-order valence-corrected chi connectivity index (χ0v) is 11.9. The lowest BCUT2D eigenvalue weighted by Gasteiger charge is -2.11. The molecule has 0 radical (unpaired) electrons. The van der Waals surface area contributed by atoms with Crippen LogP contribution in [0.1, 0.15) is 31.2 Å². The number of fused-ring (bicyclic) bond motifs is 1. The van der Waals surface area contributed by atoms with Gasteiger partial charge in [0.25, 0.3) is 0 Å². The Bertz CT molecular complexity index is 436. The van der Waals surface area contributed by atoms with Crippen LogP contribution in [0.2, 0.25) is 0 Å². The van der Waals surface area contributed by atoms with Gasteiger partial charge in [0.05, 0.1) is 6.10 Å². The maximum atomic E-state index is 13.7. The summed E-state index contributed by atoms with van der Waals surface area (Å²) in [5.74, 6) is 1.64. The minimum Gasteiger partial charge on any atom is -0.392 e. The van der Waals surface area contributed by atoms with Gasteiger partial charge >= 0.3 is 0 Å². The highest BCUT2D eigenvalue weighted by molar-refractivity contribution is 9.10. The van der Waals surface area contributed by atoms with Crippen molar-refractivity contribution in [2.24, 2.45) is 17.8 Å². The molecule has 3 atom stereocenters. The number of aliphatic hydroxyl groups excluding tert-OH is 1. The third-order valence-corrected chi connectivity index (χ3v) is 5.10. The molecular weight excluding hydrogens is 295 g/mol. The van der Waals surface area contributed by atoms with Crippen molar-refractivity contribution in [2.45, 2.75) is 38.2 Å². The van der Waals surface area contributed by atoms with E-state index >= 15 is 0 Å². The van der Waals surface area contributed by atoms with Crippen LogP contribution in [0.15, 0.2) is 22.7 Å². The van der Waals surface area contributed by atoms with Gasteiger partial charge in [-0.25, -0.2) is 4.39 Å². The molecule has 0 spiro atoms. The highest BCUT2D eigenvalue weighted by Gasteiger charge is 2.53. The highest BCUT2D eigenvalue weighted by Crippen LogP contribution is 2.57. The van der Waals surface area contributed by atoms with Gasteiger partial charge in [-0.2, -0.15) is 0 Å². The third kappa shape index (κ3) is 2.35. The Labute approximate surface area is 116 Å². The second-order valence-corrected chi connectivity index (χ2v) is 6.61. The van der Waals surface area contributed by atoms with Crippen LogP contribution in [0, 0.1) is 23.6 Å². The number of hydrogen-bond donors (Lipinski definition) is 1. The number of benzene rings is 1. The largest absolute Gasteiger partial charge is 0.392 e.